The third-order valence-electron chi connectivity index (χ3n) is 4.13. The van der Waals surface area contributed by atoms with Crippen LogP contribution in [0.25, 0.3) is 0 Å². The van der Waals surface area contributed by atoms with Crippen molar-refractivity contribution in [2.24, 2.45) is 0 Å². The SMILES string of the molecule is CC(C)(C)OC(=O)N1CCC2(CC1)Sc1cc(Br)ccc1C2=O. The van der Waals surface area contributed by atoms with Crippen LogP contribution < -0.4 is 0 Å². The summed E-state index contributed by atoms with van der Waals surface area (Å²) in [6.07, 6.45) is 1.05. The van der Waals surface area contributed by atoms with Crippen molar-refractivity contribution in [3.05, 3.63) is 28.2 Å². The maximum absolute atomic E-state index is 12.8. The molecule has 2 heterocycles. The van der Waals surface area contributed by atoms with Crippen molar-refractivity contribution in [3.8, 4) is 0 Å². The highest BCUT2D eigenvalue weighted by Gasteiger charge is 2.49. The smallest absolute Gasteiger partial charge is 0.410 e. The molecular formula is C17H20BrNO3S. The standard InChI is InChI=1S/C17H20BrNO3S/c1-16(2,3)22-15(21)19-8-6-17(7-9-19)14(20)12-5-4-11(18)10-13(12)23-17/h4-5,10H,6-9H2,1-3H3. The lowest BCUT2D eigenvalue weighted by atomic mass is 9.88. The highest BCUT2D eigenvalue weighted by Crippen LogP contribution is 2.51. The topological polar surface area (TPSA) is 46.6 Å². The normalized spacial score (nSPS) is 19.8. The number of rotatable bonds is 0. The average molecular weight is 398 g/mol. The molecule has 2 aliphatic heterocycles. The first-order valence-corrected chi connectivity index (χ1v) is 9.32. The molecule has 0 radical (unpaired) electrons. The number of likely N-dealkylation sites (tertiary alicyclic amines) is 1. The largest absolute Gasteiger partial charge is 0.444 e. The summed E-state index contributed by atoms with van der Waals surface area (Å²) in [5.74, 6) is 0.203. The molecule has 3 rings (SSSR count). The maximum Gasteiger partial charge on any atom is 0.410 e. The number of fused-ring (bicyclic) bond motifs is 1. The molecule has 124 valence electrons. The van der Waals surface area contributed by atoms with Gasteiger partial charge in [0.1, 0.15) is 5.60 Å². The van der Waals surface area contributed by atoms with Crippen LogP contribution in [0.15, 0.2) is 27.6 Å². The highest BCUT2D eigenvalue weighted by atomic mass is 79.9. The molecule has 4 nitrogen and oxygen atoms in total. The van der Waals surface area contributed by atoms with E-state index >= 15 is 0 Å². The monoisotopic (exact) mass is 397 g/mol. The fraction of sp³-hybridized carbons (Fsp3) is 0.529. The van der Waals surface area contributed by atoms with Gasteiger partial charge in [0.05, 0.1) is 4.75 Å². The number of nitrogens with zero attached hydrogens (tertiary/aromatic N) is 1. The Labute approximate surface area is 149 Å². The lowest BCUT2D eigenvalue weighted by Crippen LogP contribution is -2.48. The number of halogens is 1. The van der Waals surface area contributed by atoms with Crippen molar-refractivity contribution >= 4 is 39.6 Å². The van der Waals surface area contributed by atoms with E-state index in [1.165, 1.54) is 0 Å². The number of Topliss-reactive ketones (excluding diaryl/α,β-unsaturated/α-hetero) is 1. The molecule has 1 aromatic carbocycles. The first-order chi connectivity index (χ1) is 10.7. The molecule has 1 aromatic rings. The molecular weight excluding hydrogens is 378 g/mol. The number of hydrogen-bond donors (Lipinski definition) is 0. The number of piperidine rings is 1. The minimum atomic E-state index is -0.493. The molecule has 2 aliphatic rings. The molecule has 0 aromatic heterocycles. The number of benzene rings is 1. The molecule has 1 fully saturated rings. The van der Waals surface area contributed by atoms with Gasteiger partial charge in [-0.3, -0.25) is 4.79 Å². The van der Waals surface area contributed by atoms with Crippen LogP contribution in [-0.2, 0) is 4.74 Å². The van der Waals surface area contributed by atoms with Gasteiger partial charge in [-0.15, -0.1) is 11.8 Å². The number of amides is 1. The van der Waals surface area contributed by atoms with Crippen LogP contribution in [-0.4, -0.2) is 40.2 Å². The quantitative estimate of drug-likeness (QED) is 0.645. The summed E-state index contributed by atoms with van der Waals surface area (Å²) in [6, 6.07) is 5.81. The lowest BCUT2D eigenvalue weighted by molar-refractivity contribution is 0.0196. The van der Waals surface area contributed by atoms with Crippen molar-refractivity contribution in [2.75, 3.05) is 13.1 Å². The van der Waals surface area contributed by atoms with Gasteiger partial charge in [-0.2, -0.15) is 0 Å². The van der Waals surface area contributed by atoms with E-state index in [0.29, 0.717) is 25.9 Å². The van der Waals surface area contributed by atoms with Crippen molar-refractivity contribution in [2.45, 2.75) is 48.9 Å². The van der Waals surface area contributed by atoms with Crippen LogP contribution in [0, 0.1) is 0 Å². The Balaban J connectivity index is 1.70. The zero-order valence-electron chi connectivity index (χ0n) is 13.5. The average Bonchev–Trinajstić information content (AvgIpc) is 2.70. The minimum absolute atomic E-state index is 0.203. The van der Waals surface area contributed by atoms with E-state index < -0.39 is 10.3 Å². The molecule has 0 bridgehead atoms. The molecule has 1 spiro atoms. The summed E-state index contributed by atoms with van der Waals surface area (Å²) >= 11 is 5.11. The van der Waals surface area contributed by atoms with Crippen LogP contribution in [0.5, 0.6) is 0 Å². The van der Waals surface area contributed by atoms with Gasteiger partial charge in [0.2, 0.25) is 0 Å². The summed E-state index contributed by atoms with van der Waals surface area (Å²) in [7, 11) is 0. The molecule has 1 saturated heterocycles. The molecule has 0 unspecified atom stereocenters. The minimum Gasteiger partial charge on any atom is -0.444 e. The predicted molar refractivity (Wildman–Crippen MR) is 94.1 cm³/mol. The Kier molecular flexibility index (Phi) is 4.25. The molecule has 0 aliphatic carbocycles. The van der Waals surface area contributed by atoms with E-state index in [1.54, 1.807) is 16.7 Å². The number of carbonyl (C=O) groups is 2. The van der Waals surface area contributed by atoms with Gasteiger partial charge < -0.3 is 9.64 Å². The number of ether oxygens (including phenoxy) is 1. The fourth-order valence-corrected chi connectivity index (χ4v) is 4.96. The van der Waals surface area contributed by atoms with Gasteiger partial charge >= 0.3 is 6.09 Å². The van der Waals surface area contributed by atoms with Crippen LogP contribution >= 0.6 is 27.7 Å². The van der Waals surface area contributed by atoms with E-state index in [4.69, 9.17) is 4.74 Å². The van der Waals surface area contributed by atoms with Crippen molar-refractivity contribution in [1.82, 2.24) is 4.90 Å². The molecule has 0 atom stereocenters. The van der Waals surface area contributed by atoms with Gasteiger partial charge in [-0.05, 0) is 51.8 Å². The Hall–Kier alpha value is -1.01. The predicted octanol–water partition coefficient (Wildman–Crippen LogP) is 4.51. The number of hydrogen-bond acceptors (Lipinski definition) is 4. The van der Waals surface area contributed by atoms with Gasteiger partial charge in [0.15, 0.2) is 5.78 Å². The van der Waals surface area contributed by atoms with Crippen molar-refractivity contribution in [1.29, 1.82) is 0 Å². The van der Waals surface area contributed by atoms with Crippen molar-refractivity contribution < 1.29 is 14.3 Å². The second-order valence-corrected chi connectivity index (χ2v) is 9.37. The van der Waals surface area contributed by atoms with E-state index in [9.17, 15) is 9.59 Å². The Morgan fingerprint density at radius 1 is 1.30 bits per heavy atom. The summed E-state index contributed by atoms with van der Waals surface area (Å²) in [5, 5.41) is 0. The second kappa shape index (κ2) is 5.81. The first kappa shape index (κ1) is 16.8. The second-order valence-electron chi connectivity index (χ2n) is 7.03. The molecule has 1 amide bonds. The Morgan fingerprint density at radius 3 is 2.57 bits per heavy atom. The zero-order valence-corrected chi connectivity index (χ0v) is 15.9. The Bertz CT molecular complexity index is 660. The molecule has 0 N–H and O–H groups in total. The zero-order chi connectivity index (χ0) is 16.8. The third-order valence-corrected chi connectivity index (χ3v) is 6.17. The third kappa shape index (κ3) is 3.29. The summed E-state index contributed by atoms with van der Waals surface area (Å²) in [6.45, 7) is 6.70. The summed E-state index contributed by atoms with van der Waals surface area (Å²) in [4.78, 5) is 27.7. The van der Waals surface area contributed by atoms with Gasteiger partial charge in [-0.1, -0.05) is 15.9 Å². The highest BCUT2D eigenvalue weighted by molar-refractivity contribution is 9.10. The molecule has 6 heteroatoms. The van der Waals surface area contributed by atoms with Gasteiger partial charge in [-0.25, -0.2) is 4.79 Å². The van der Waals surface area contributed by atoms with E-state index in [1.807, 2.05) is 39.0 Å². The molecule has 23 heavy (non-hydrogen) atoms. The Morgan fingerprint density at radius 2 is 1.96 bits per heavy atom. The van der Waals surface area contributed by atoms with Crippen LogP contribution in [0.2, 0.25) is 0 Å². The number of ketones is 1. The van der Waals surface area contributed by atoms with Crippen LogP contribution in [0.3, 0.4) is 0 Å². The van der Waals surface area contributed by atoms with Gasteiger partial charge in [0, 0.05) is 28.0 Å². The van der Waals surface area contributed by atoms with E-state index in [0.717, 1.165) is 14.9 Å². The summed E-state index contributed by atoms with van der Waals surface area (Å²) in [5.41, 5.74) is 0.316. The molecule has 0 saturated carbocycles. The van der Waals surface area contributed by atoms with E-state index in [-0.39, 0.29) is 11.9 Å². The lowest BCUT2D eigenvalue weighted by Gasteiger charge is -2.37. The number of thioether (sulfide) groups is 1. The van der Waals surface area contributed by atoms with Crippen molar-refractivity contribution in [3.63, 3.8) is 0 Å². The summed E-state index contributed by atoms with van der Waals surface area (Å²) < 4.78 is 5.99. The number of carbonyl (C=O) groups excluding carboxylic acids is 2. The fourth-order valence-electron chi connectivity index (χ4n) is 2.98. The van der Waals surface area contributed by atoms with Crippen LogP contribution in [0.1, 0.15) is 44.0 Å². The van der Waals surface area contributed by atoms with Gasteiger partial charge in [0.25, 0.3) is 0 Å². The van der Waals surface area contributed by atoms with Crippen LogP contribution in [0.4, 0.5) is 4.79 Å². The van der Waals surface area contributed by atoms with E-state index in [2.05, 4.69) is 15.9 Å². The maximum atomic E-state index is 12.8. The first-order valence-electron chi connectivity index (χ1n) is 7.71.